The summed E-state index contributed by atoms with van der Waals surface area (Å²) in [6, 6.07) is 4.53. The van der Waals surface area contributed by atoms with Gasteiger partial charge in [-0.05, 0) is 25.1 Å². The van der Waals surface area contributed by atoms with E-state index in [0.29, 0.717) is 15.7 Å². The van der Waals surface area contributed by atoms with Gasteiger partial charge in [0.25, 0.3) is 0 Å². The van der Waals surface area contributed by atoms with Crippen LogP contribution in [-0.4, -0.2) is 19.1 Å². The Balaban J connectivity index is 2.80. The van der Waals surface area contributed by atoms with Crippen LogP contribution in [0.1, 0.15) is 6.92 Å². The van der Waals surface area contributed by atoms with E-state index < -0.39 is 6.04 Å². The van der Waals surface area contributed by atoms with Gasteiger partial charge in [0.15, 0.2) is 0 Å². The maximum Gasteiger partial charge on any atom is 0.327 e. The highest BCUT2D eigenvalue weighted by atomic mass is 35.5. The Morgan fingerprint density at radius 3 is 2.73 bits per heavy atom. The molecular formula is C10H11Cl2NO2. The Kier molecular flexibility index (Phi) is 4.24. The molecule has 0 amide bonds. The van der Waals surface area contributed by atoms with E-state index in [1.54, 1.807) is 25.1 Å². The van der Waals surface area contributed by atoms with Crippen LogP contribution in [0.4, 0.5) is 5.69 Å². The van der Waals surface area contributed by atoms with Crippen LogP contribution in [0.3, 0.4) is 0 Å². The molecule has 0 radical (unpaired) electrons. The molecule has 1 unspecified atom stereocenters. The summed E-state index contributed by atoms with van der Waals surface area (Å²) in [6.07, 6.45) is 0. The van der Waals surface area contributed by atoms with Crippen molar-refractivity contribution in [3.63, 3.8) is 0 Å². The lowest BCUT2D eigenvalue weighted by Crippen LogP contribution is -2.27. The zero-order valence-electron chi connectivity index (χ0n) is 8.38. The van der Waals surface area contributed by atoms with Crippen molar-refractivity contribution in [2.75, 3.05) is 12.4 Å². The van der Waals surface area contributed by atoms with Gasteiger partial charge in [-0.2, -0.15) is 0 Å². The number of carbonyl (C=O) groups excluding carboxylic acids is 1. The van der Waals surface area contributed by atoms with Crippen molar-refractivity contribution in [3.8, 4) is 0 Å². The van der Waals surface area contributed by atoms with Gasteiger partial charge in [-0.1, -0.05) is 23.2 Å². The minimum Gasteiger partial charge on any atom is -0.467 e. The van der Waals surface area contributed by atoms with Gasteiger partial charge < -0.3 is 10.1 Å². The highest BCUT2D eigenvalue weighted by molar-refractivity contribution is 6.35. The number of esters is 1. The van der Waals surface area contributed by atoms with E-state index in [9.17, 15) is 4.79 Å². The monoisotopic (exact) mass is 247 g/mol. The molecular weight excluding hydrogens is 237 g/mol. The number of anilines is 1. The smallest absolute Gasteiger partial charge is 0.327 e. The third kappa shape index (κ3) is 3.29. The maximum absolute atomic E-state index is 11.2. The van der Waals surface area contributed by atoms with Gasteiger partial charge in [0.2, 0.25) is 0 Å². The molecule has 3 nitrogen and oxygen atoms in total. The van der Waals surface area contributed by atoms with E-state index >= 15 is 0 Å². The molecule has 0 aromatic heterocycles. The topological polar surface area (TPSA) is 38.3 Å². The van der Waals surface area contributed by atoms with Crippen molar-refractivity contribution in [3.05, 3.63) is 28.2 Å². The second-order valence-corrected chi connectivity index (χ2v) is 3.86. The van der Waals surface area contributed by atoms with E-state index in [4.69, 9.17) is 23.2 Å². The van der Waals surface area contributed by atoms with Crippen LogP contribution in [0, 0.1) is 0 Å². The Hall–Kier alpha value is -0.930. The summed E-state index contributed by atoms with van der Waals surface area (Å²) >= 11 is 11.7. The van der Waals surface area contributed by atoms with E-state index in [1.165, 1.54) is 7.11 Å². The zero-order valence-corrected chi connectivity index (χ0v) is 9.89. The summed E-state index contributed by atoms with van der Waals surface area (Å²) in [7, 11) is 1.33. The third-order valence-corrected chi connectivity index (χ3v) is 2.42. The average Bonchev–Trinajstić information content (AvgIpc) is 2.22. The van der Waals surface area contributed by atoms with E-state index in [0.717, 1.165) is 0 Å². The molecule has 0 bridgehead atoms. The van der Waals surface area contributed by atoms with Gasteiger partial charge >= 0.3 is 5.97 Å². The minimum absolute atomic E-state index is 0.356. The molecule has 0 fully saturated rings. The van der Waals surface area contributed by atoms with Gasteiger partial charge in [-0.15, -0.1) is 0 Å². The number of ether oxygens (including phenoxy) is 1. The molecule has 1 rings (SSSR count). The lowest BCUT2D eigenvalue weighted by Gasteiger charge is -2.14. The predicted octanol–water partition coefficient (Wildman–Crippen LogP) is 2.97. The standard InChI is InChI=1S/C10H11Cl2NO2/c1-6(10(14)15-2)13-9-5-7(11)3-4-8(9)12/h3-6,13H,1-2H3. The Morgan fingerprint density at radius 2 is 2.13 bits per heavy atom. The number of benzene rings is 1. The molecule has 15 heavy (non-hydrogen) atoms. The number of halogens is 2. The Bertz CT molecular complexity index is 368. The van der Waals surface area contributed by atoms with Crippen LogP contribution in [0.15, 0.2) is 18.2 Å². The van der Waals surface area contributed by atoms with Crippen molar-refractivity contribution in [2.24, 2.45) is 0 Å². The number of rotatable bonds is 3. The number of hydrogen-bond donors (Lipinski definition) is 1. The largest absolute Gasteiger partial charge is 0.467 e. The first kappa shape index (κ1) is 12.1. The fraction of sp³-hybridized carbons (Fsp3) is 0.300. The van der Waals surface area contributed by atoms with Gasteiger partial charge in [0.1, 0.15) is 6.04 Å². The van der Waals surface area contributed by atoms with Crippen LogP contribution < -0.4 is 5.32 Å². The summed E-state index contributed by atoms with van der Waals surface area (Å²) in [6.45, 7) is 1.68. The first-order valence-electron chi connectivity index (χ1n) is 4.34. The second kappa shape index (κ2) is 5.24. The lowest BCUT2D eigenvalue weighted by molar-refractivity contribution is -0.141. The highest BCUT2D eigenvalue weighted by Gasteiger charge is 2.13. The Morgan fingerprint density at radius 1 is 1.47 bits per heavy atom. The number of hydrogen-bond acceptors (Lipinski definition) is 3. The maximum atomic E-state index is 11.2. The van der Waals surface area contributed by atoms with Crippen LogP contribution in [0.2, 0.25) is 10.0 Å². The molecule has 1 N–H and O–H groups in total. The molecule has 82 valence electrons. The van der Waals surface area contributed by atoms with Crippen LogP contribution >= 0.6 is 23.2 Å². The average molecular weight is 248 g/mol. The molecule has 1 aromatic carbocycles. The SMILES string of the molecule is COC(=O)C(C)Nc1cc(Cl)ccc1Cl. The molecule has 1 atom stereocenters. The number of methoxy groups -OCH3 is 1. The fourth-order valence-corrected chi connectivity index (χ4v) is 1.42. The van der Waals surface area contributed by atoms with Crippen LogP contribution in [0.5, 0.6) is 0 Å². The summed E-state index contributed by atoms with van der Waals surface area (Å²) in [5.74, 6) is -0.356. The summed E-state index contributed by atoms with van der Waals surface area (Å²) in [4.78, 5) is 11.2. The number of carbonyl (C=O) groups is 1. The highest BCUT2D eigenvalue weighted by Crippen LogP contribution is 2.25. The summed E-state index contributed by atoms with van der Waals surface area (Å²) < 4.78 is 4.58. The van der Waals surface area contributed by atoms with Crippen molar-refractivity contribution < 1.29 is 9.53 Å². The molecule has 0 spiro atoms. The molecule has 0 aliphatic heterocycles. The minimum atomic E-state index is -0.467. The zero-order chi connectivity index (χ0) is 11.4. The second-order valence-electron chi connectivity index (χ2n) is 3.01. The van der Waals surface area contributed by atoms with Gasteiger partial charge in [0.05, 0.1) is 17.8 Å². The molecule has 1 aromatic rings. The van der Waals surface area contributed by atoms with Crippen molar-refractivity contribution in [2.45, 2.75) is 13.0 Å². The van der Waals surface area contributed by atoms with Gasteiger partial charge in [0, 0.05) is 5.02 Å². The number of nitrogens with one attached hydrogen (secondary N) is 1. The summed E-state index contributed by atoms with van der Waals surface area (Å²) in [5.41, 5.74) is 0.613. The molecule has 5 heteroatoms. The van der Waals surface area contributed by atoms with Crippen LogP contribution in [-0.2, 0) is 9.53 Å². The summed E-state index contributed by atoms with van der Waals surface area (Å²) in [5, 5.41) is 3.97. The Labute approximate surface area is 98.3 Å². The fourth-order valence-electron chi connectivity index (χ4n) is 1.08. The first-order valence-corrected chi connectivity index (χ1v) is 5.09. The van der Waals surface area contributed by atoms with E-state index in [2.05, 4.69) is 10.1 Å². The first-order chi connectivity index (χ1) is 7.04. The van der Waals surface area contributed by atoms with E-state index in [1.807, 2.05) is 0 Å². The van der Waals surface area contributed by atoms with E-state index in [-0.39, 0.29) is 5.97 Å². The van der Waals surface area contributed by atoms with Crippen molar-refractivity contribution >= 4 is 34.9 Å². The lowest BCUT2D eigenvalue weighted by atomic mass is 10.2. The van der Waals surface area contributed by atoms with Crippen LogP contribution in [0.25, 0.3) is 0 Å². The quantitative estimate of drug-likeness (QED) is 0.835. The van der Waals surface area contributed by atoms with Gasteiger partial charge in [-0.25, -0.2) is 4.79 Å². The van der Waals surface area contributed by atoms with Crippen molar-refractivity contribution in [1.82, 2.24) is 0 Å². The molecule has 0 saturated heterocycles. The normalized spacial score (nSPS) is 12.0. The predicted molar refractivity (Wildman–Crippen MR) is 61.6 cm³/mol. The molecule has 0 aliphatic carbocycles. The molecule has 0 saturated carbocycles. The third-order valence-electron chi connectivity index (χ3n) is 1.86. The molecule has 0 aliphatic rings. The van der Waals surface area contributed by atoms with Gasteiger partial charge in [-0.3, -0.25) is 0 Å². The molecule has 0 heterocycles. The van der Waals surface area contributed by atoms with Crippen molar-refractivity contribution in [1.29, 1.82) is 0 Å².